The van der Waals surface area contributed by atoms with E-state index in [9.17, 15) is 4.39 Å². The van der Waals surface area contributed by atoms with Crippen molar-refractivity contribution in [2.24, 2.45) is 4.99 Å². The van der Waals surface area contributed by atoms with Gasteiger partial charge in [-0.15, -0.1) is 24.0 Å². The molecule has 0 bridgehead atoms. The van der Waals surface area contributed by atoms with Gasteiger partial charge in [-0.3, -0.25) is 0 Å². The molecule has 0 unspecified atom stereocenters. The molecule has 7 heteroatoms. The fourth-order valence-electron chi connectivity index (χ4n) is 3.20. The Bertz CT molecular complexity index is 762. The third-order valence-corrected chi connectivity index (χ3v) is 4.60. The molecule has 0 atom stereocenters. The summed E-state index contributed by atoms with van der Waals surface area (Å²) in [7, 11) is 0. The van der Waals surface area contributed by atoms with E-state index in [1.165, 1.54) is 37.0 Å². The highest BCUT2D eigenvalue weighted by Gasteiger charge is 2.12. The minimum absolute atomic E-state index is 0. The molecule has 0 amide bonds. The van der Waals surface area contributed by atoms with Crippen LogP contribution in [-0.4, -0.2) is 30.6 Å². The highest BCUT2D eigenvalue weighted by molar-refractivity contribution is 14.0. The van der Waals surface area contributed by atoms with Gasteiger partial charge in [0.25, 0.3) is 0 Å². The van der Waals surface area contributed by atoms with Crippen molar-refractivity contribution in [3.8, 4) is 0 Å². The van der Waals surface area contributed by atoms with Crippen LogP contribution in [-0.2, 0) is 13.1 Å². The number of nitrogens with one attached hydrogen (secondary N) is 2. The van der Waals surface area contributed by atoms with E-state index in [2.05, 4.69) is 31.6 Å². The summed E-state index contributed by atoms with van der Waals surface area (Å²) in [6.45, 7) is 6.06. The third-order valence-electron chi connectivity index (χ3n) is 4.60. The number of halogens is 2. The molecule has 1 aromatic carbocycles. The average molecular weight is 497 g/mol. The fraction of sp³-hybridized carbons (Fsp3) is 0.429. The summed E-state index contributed by atoms with van der Waals surface area (Å²) in [5.41, 5.74) is 2.02. The molecule has 2 N–H and O–H groups in total. The zero-order chi connectivity index (χ0) is 18.9. The van der Waals surface area contributed by atoms with Crippen LogP contribution in [0.5, 0.6) is 0 Å². The van der Waals surface area contributed by atoms with Gasteiger partial charge in [-0.25, -0.2) is 14.4 Å². The standard InChI is InChI=1S/C21H28FN5.HI/c1-2-23-21(25-15-17-7-6-8-19(22)13-17)26-16-18-9-10-24-20(14-18)27-11-4-3-5-12-27;/h6-10,13-14H,2-5,11-12,15-16H2,1H3,(H2,23,25,26);1H. The molecule has 5 nitrogen and oxygen atoms in total. The number of aliphatic imine (C=N–C) groups is 1. The smallest absolute Gasteiger partial charge is 0.191 e. The van der Waals surface area contributed by atoms with Crippen LogP contribution >= 0.6 is 24.0 Å². The van der Waals surface area contributed by atoms with Crippen molar-refractivity contribution in [1.82, 2.24) is 15.6 Å². The number of anilines is 1. The van der Waals surface area contributed by atoms with Crippen LogP contribution < -0.4 is 15.5 Å². The van der Waals surface area contributed by atoms with Crippen LogP contribution in [0.3, 0.4) is 0 Å². The predicted octanol–water partition coefficient (Wildman–Crippen LogP) is 4.08. The lowest BCUT2D eigenvalue weighted by molar-refractivity contribution is 0.573. The number of rotatable bonds is 6. The molecule has 1 aromatic heterocycles. The number of nitrogens with zero attached hydrogens (tertiary/aromatic N) is 3. The lowest BCUT2D eigenvalue weighted by Gasteiger charge is -2.28. The van der Waals surface area contributed by atoms with Gasteiger partial charge in [-0.2, -0.15) is 0 Å². The third kappa shape index (κ3) is 6.92. The van der Waals surface area contributed by atoms with Gasteiger partial charge in [0.05, 0.1) is 6.54 Å². The van der Waals surface area contributed by atoms with Gasteiger partial charge in [0.2, 0.25) is 0 Å². The number of hydrogen-bond acceptors (Lipinski definition) is 3. The number of benzene rings is 1. The van der Waals surface area contributed by atoms with Crippen molar-refractivity contribution in [3.63, 3.8) is 0 Å². The van der Waals surface area contributed by atoms with Crippen LogP contribution in [0.15, 0.2) is 47.6 Å². The molecule has 1 aliphatic rings. The van der Waals surface area contributed by atoms with Gasteiger partial charge >= 0.3 is 0 Å². The molecule has 1 saturated heterocycles. The Morgan fingerprint density at radius 2 is 1.93 bits per heavy atom. The molecule has 0 saturated carbocycles. The predicted molar refractivity (Wildman–Crippen MR) is 124 cm³/mol. The number of guanidine groups is 1. The molecule has 3 rings (SSSR count). The van der Waals surface area contributed by atoms with Crippen LogP contribution in [0.1, 0.15) is 37.3 Å². The summed E-state index contributed by atoms with van der Waals surface area (Å²) in [5, 5.41) is 6.59. The molecule has 0 spiro atoms. The second kappa shape index (κ2) is 11.8. The highest BCUT2D eigenvalue weighted by Crippen LogP contribution is 2.18. The van der Waals surface area contributed by atoms with Crippen molar-refractivity contribution in [1.29, 1.82) is 0 Å². The van der Waals surface area contributed by atoms with E-state index >= 15 is 0 Å². The maximum atomic E-state index is 13.3. The second-order valence-electron chi connectivity index (χ2n) is 6.75. The zero-order valence-electron chi connectivity index (χ0n) is 16.3. The topological polar surface area (TPSA) is 52.6 Å². The summed E-state index contributed by atoms with van der Waals surface area (Å²) in [5.74, 6) is 1.54. The summed E-state index contributed by atoms with van der Waals surface area (Å²) in [6.07, 6.45) is 5.66. The number of piperidine rings is 1. The van der Waals surface area contributed by atoms with Crippen LogP contribution in [0.2, 0.25) is 0 Å². The average Bonchev–Trinajstić information content (AvgIpc) is 2.71. The van der Waals surface area contributed by atoms with E-state index in [-0.39, 0.29) is 29.8 Å². The maximum absolute atomic E-state index is 13.3. The van der Waals surface area contributed by atoms with Gasteiger partial charge in [0, 0.05) is 32.4 Å². The molecular formula is C21H29FIN5. The number of aromatic nitrogens is 1. The lowest BCUT2D eigenvalue weighted by Crippen LogP contribution is -2.37. The first-order valence-electron chi connectivity index (χ1n) is 9.71. The van der Waals surface area contributed by atoms with Crippen molar-refractivity contribution in [2.75, 3.05) is 24.5 Å². The zero-order valence-corrected chi connectivity index (χ0v) is 18.7. The SMILES string of the molecule is CCNC(=NCc1cccc(F)c1)NCc1ccnc(N2CCCCC2)c1.I. The Morgan fingerprint density at radius 3 is 2.68 bits per heavy atom. The Kier molecular flexibility index (Phi) is 9.46. The van der Waals surface area contributed by atoms with E-state index in [4.69, 9.17) is 0 Å². The van der Waals surface area contributed by atoms with Gasteiger partial charge in [-0.1, -0.05) is 12.1 Å². The van der Waals surface area contributed by atoms with Gasteiger partial charge in [0.1, 0.15) is 11.6 Å². The molecule has 2 heterocycles. The molecule has 0 aliphatic carbocycles. The summed E-state index contributed by atoms with van der Waals surface area (Å²) < 4.78 is 13.3. The summed E-state index contributed by atoms with van der Waals surface area (Å²) in [4.78, 5) is 11.4. The lowest BCUT2D eigenvalue weighted by atomic mass is 10.1. The quantitative estimate of drug-likeness (QED) is 0.359. The first-order valence-corrected chi connectivity index (χ1v) is 9.71. The van der Waals surface area contributed by atoms with E-state index in [0.717, 1.165) is 37.0 Å². The van der Waals surface area contributed by atoms with Crippen molar-refractivity contribution >= 4 is 35.8 Å². The molecule has 1 fully saturated rings. The van der Waals surface area contributed by atoms with Crippen molar-refractivity contribution < 1.29 is 4.39 Å². The van der Waals surface area contributed by atoms with Crippen LogP contribution in [0.4, 0.5) is 10.2 Å². The van der Waals surface area contributed by atoms with Gasteiger partial charge in [0.15, 0.2) is 5.96 Å². The number of pyridine rings is 1. The molecule has 28 heavy (non-hydrogen) atoms. The van der Waals surface area contributed by atoms with Crippen LogP contribution in [0.25, 0.3) is 0 Å². The molecule has 152 valence electrons. The molecule has 1 aliphatic heterocycles. The van der Waals surface area contributed by atoms with E-state index in [0.29, 0.717) is 13.1 Å². The Labute approximate surface area is 183 Å². The number of hydrogen-bond donors (Lipinski definition) is 2. The van der Waals surface area contributed by atoms with Crippen molar-refractivity contribution in [3.05, 3.63) is 59.5 Å². The monoisotopic (exact) mass is 497 g/mol. The fourth-order valence-corrected chi connectivity index (χ4v) is 3.20. The first-order chi connectivity index (χ1) is 13.2. The van der Waals surface area contributed by atoms with Gasteiger partial charge in [-0.05, 0) is 61.6 Å². The molecule has 0 radical (unpaired) electrons. The van der Waals surface area contributed by atoms with Crippen molar-refractivity contribution in [2.45, 2.75) is 39.3 Å². The normalized spacial score (nSPS) is 14.4. The van der Waals surface area contributed by atoms with Crippen LogP contribution in [0, 0.1) is 5.82 Å². The maximum Gasteiger partial charge on any atom is 0.191 e. The van der Waals surface area contributed by atoms with E-state index in [1.807, 2.05) is 25.3 Å². The first kappa shape index (κ1) is 22.4. The molecular weight excluding hydrogens is 468 g/mol. The molecule has 2 aromatic rings. The summed E-state index contributed by atoms with van der Waals surface area (Å²) >= 11 is 0. The van der Waals surface area contributed by atoms with Gasteiger partial charge < -0.3 is 15.5 Å². The Balaban J connectivity index is 0.00000280. The Hall–Kier alpha value is -1.90. The highest BCUT2D eigenvalue weighted by atomic mass is 127. The van der Waals surface area contributed by atoms with E-state index in [1.54, 1.807) is 6.07 Å². The second-order valence-corrected chi connectivity index (χ2v) is 6.75. The minimum atomic E-state index is -0.234. The largest absolute Gasteiger partial charge is 0.357 e. The van der Waals surface area contributed by atoms with E-state index < -0.39 is 0 Å². The Morgan fingerprint density at radius 1 is 1.11 bits per heavy atom. The summed E-state index contributed by atoms with van der Waals surface area (Å²) in [6, 6.07) is 10.7. The minimum Gasteiger partial charge on any atom is -0.357 e.